The number of hydrogen-bond donors (Lipinski definition) is 1. The molecule has 2 aromatic heterocycles. The van der Waals surface area contributed by atoms with Gasteiger partial charge < -0.3 is 5.32 Å². The average molecular weight is 249 g/mol. The van der Waals surface area contributed by atoms with E-state index in [4.69, 9.17) is 0 Å². The van der Waals surface area contributed by atoms with Gasteiger partial charge in [-0.25, -0.2) is 0 Å². The van der Waals surface area contributed by atoms with Crippen LogP contribution in [0.1, 0.15) is 21.8 Å². The Balaban J connectivity index is 2.21. The second-order valence-corrected chi connectivity index (χ2v) is 4.90. The first-order valence-corrected chi connectivity index (χ1v) is 6.27. The molecule has 0 aliphatic carbocycles. The van der Waals surface area contributed by atoms with Crippen molar-refractivity contribution >= 4 is 27.5 Å². The topological polar surface area (TPSA) is 46.9 Å². The summed E-state index contributed by atoms with van der Waals surface area (Å²) >= 11 is 1.47. The van der Waals surface area contributed by atoms with Crippen molar-refractivity contribution in [2.45, 2.75) is 13.3 Å². The number of amides is 1. The third-order valence-electron chi connectivity index (χ3n) is 2.55. The number of hydrogen-bond acceptors (Lipinski definition) is 3. The second kappa shape index (κ2) is 4.71. The van der Waals surface area contributed by atoms with E-state index in [0.717, 1.165) is 27.2 Å². The zero-order valence-electron chi connectivity index (χ0n) is 9.99. The summed E-state index contributed by atoms with van der Waals surface area (Å²) in [5, 5.41) is 8.23. The molecule has 0 spiro atoms. The first-order valence-electron chi connectivity index (χ1n) is 5.45. The molecule has 90 valence electrons. The van der Waals surface area contributed by atoms with Gasteiger partial charge in [-0.15, -0.1) is 17.9 Å². The minimum atomic E-state index is -0.0209. The number of fused-ring (bicyclic) bond motifs is 1. The van der Waals surface area contributed by atoms with Gasteiger partial charge in [-0.1, -0.05) is 6.08 Å². The molecule has 2 rings (SSSR count). The highest BCUT2D eigenvalue weighted by Crippen LogP contribution is 2.27. The van der Waals surface area contributed by atoms with Crippen LogP contribution in [0.15, 0.2) is 18.7 Å². The molecule has 0 radical (unpaired) electrons. The van der Waals surface area contributed by atoms with Gasteiger partial charge in [0.15, 0.2) is 0 Å². The summed E-state index contributed by atoms with van der Waals surface area (Å²) in [7, 11) is 1.89. The molecule has 4 nitrogen and oxygen atoms in total. The van der Waals surface area contributed by atoms with E-state index in [0.29, 0.717) is 6.54 Å². The first kappa shape index (κ1) is 11.9. The number of nitrogens with one attached hydrogen (secondary N) is 1. The zero-order chi connectivity index (χ0) is 12.4. The molecule has 0 bridgehead atoms. The van der Waals surface area contributed by atoms with Gasteiger partial charge in [-0.3, -0.25) is 9.48 Å². The molecule has 2 heterocycles. The summed E-state index contributed by atoms with van der Waals surface area (Å²) in [5.74, 6) is -0.0209. The van der Waals surface area contributed by atoms with Crippen molar-refractivity contribution < 1.29 is 4.79 Å². The lowest BCUT2D eigenvalue weighted by atomic mass is 10.3. The van der Waals surface area contributed by atoms with Crippen LogP contribution >= 0.6 is 11.3 Å². The highest BCUT2D eigenvalue weighted by molar-refractivity contribution is 7.20. The van der Waals surface area contributed by atoms with Gasteiger partial charge in [-0.2, -0.15) is 5.10 Å². The molecule has 17 heavy (non-hydrogen) atoms. The lowest BCUT2D eigenvalue weighted by Gasteiger charge is -1.99. The molecule has 0 fully saturated rings. The van der Waals surface area contributed by atoms with Gasteiger partial charge in [-0.05, 0) is 19.4 Å². The Bertz CT molecular complexity index is 533. The average Bonchev–Trinajstić information content (AvgIpc) is 2.82. The maximum atomic E-state index is 11.8. The molecule has 0 aromatic carbocycles. The summed E-state index contributed by atoms with van der Waals surface area (Å²) < 4.78 is 1.82. The zero-order valence-corrected chi connectivity index (χ0v) is 10.8. The largest absolute Gasteiger partial charge is 0.351 e. The van der Waals surface area contributed by atoms with E-state index in [9.17, 15) is 4.79 Å². The Morgan fingerprint density at radius 3 is 3.12 bits per heavy atom. The maximum Gasteiger partial charge on any atom is 0.261 e. The fourth-order valence-electron chi connectivity index (χ4n) is 1.69. The van der Waals surface area contributed by atoms with E-state index in [1.807, 2.05) is 24.7 Å². The molecule has 1 amide bonds. The van der Waals surface area contributed by atoms with Crippen molar-refractivity contribution in [3.8, 4) is 0 Å². The highest BCUT2D eigenvalue weighted by Gasteiger charge is 2.14. The Hall–Kier alpha value is -1.62. The van der Waals surface area contributed by atoms with E-state index in [2.05, 4.69) is 17.0 Å². The van der Waals surface area contributed by atoms with E-state index >= 15 is 0 Å². The van der Waals surface area contributed by atoms with Gasteiger partial charge in [0.05, 0.1) is 10.6 Å². The van der Waals surface area contributed by atoms with Crippen molar-refractivity contribution in [1.29, 1.82) is 0 Å². The van der Waals surface area contributed by atoms with Crippen LogP contribution in [0.25, 0.3) is 10.2 Å². The minimum absolute atomic E-state index is 0.0209. The lowest BCUT2D eigenvalue weighted by Crippen LogP contribution is -2.23. The number of carbonyl (C=O) groups is 1. The van der Waals surface area contributed by atoms with Crippen molar-refractivity contribution in [3.63, 3.8) is 0 Å². The van der Waals surface area contributed by atoms with E-state index in [1.165, 1.54) is 11.3 Å². The monoisotopic (exact) mass is 249 g/mol. The van der Waals surface area contributed by atoms with Crippen LogP contribution in [0, 0.1) is 6.92 Å². The molecule has 0 saturated heterocycles. The summed E-state index contributed by atoms with van der Waals surface area (Å²) in [6, 6.07) is 1.91. The molecule has 1 N–H and O–H groups in total. The number of thiophene rings is 1. The third kappa shape index (κ3) is 2.24. The normalized spacial score (nSPS) is 10.7. The molecule has 0 aliphatic heterocycles. The first-order chi connectivity index (χ1) is 8.13. The minimum Gasteiger partial charge on any atom is -0.351 e. The van der Waals surface area contributed by atoms with Crippen LogP contribution in [0.2, 0.25) is 0 Å². The molecule has 0 atom stereocenters. The second-order valence-electron chi connectivity index (χ2n) is 3.87. The molecule has 5 heteroatoms. The van der Waals surface area contributed by atoms with Crippen molar-refractivity contribution in [3.05, 3.63) is 29.3 Å². The summed E-state index contributed by atoms with van der Waals surface area (Å²) in [4.78, 5) is 13.6. The standard InChI is InChI=1S/C12H15N3OS/c1-4-5-6-13-11(16)10-7-9-8(2)14-15(3)12(9)17-10/h4,7H,1,5-6H2,2-3H3,(H,13,16). The fourth-order valence-corrected chi connectivity index (χ4v) is 2.73. The molecule has 2 aromatic rings. The van der Waals surface area contributed by atoms with Crippen LogP contribution in [0.4, 0.5) is 0 Å². The molecular formula is C12H15N3OS. The molecule has 0 unspecified atom stereocenters. The molecule has 0 saturated carbocycles. The van der Waals surface area contributed by atoms with E-state index < -0.39 is 0 Å². The summed E-state index contributed by atoms with van der Waals surface area (Å²) in [5.41, 5.74) is 0.962. The van der Waals surface area contributed by atoms with Crippen molar-refractivity contribution in [2.75, 3.05) is 6.54 Å². The smallest absolute Gasteiger partial charge is 0.261 e. The molecular weight excluding hydrogens is 234 g/mol. The Kier molecular flexibility index (Phi) is 3.28. The van der Waals surface area contributed by atoms with E-state index in [-0.39, 0.29) is 5.91 Å². The number of carbonyl (C=O) groups excluding carboxylic acids is 1. The third-order valence-corrected chi connectivity index (χ3v) is 3.75. The lowest BCUT2D eigenvalue weighted by molar-refractivity contribution is 0.0958. The highest BCUT2D eigenvalue weighted by atomic mass is 32.1. The van der Waals surface area contributed by atoms with Crippen LogP contribution in [0.5, 0.6) is 0 Å². The van der Waals surface area contributed by atoms with Gasteiger partial charge in [0.1, 0.15) is 4.83 Å². The quantitative estimate of drug-likeness (QED) is 0.667. The number of rotatable bonds is 4. The number of aromatic nitrogens is 2. The van der Waals surface area contributed by atoms with Crippen LogP contribution in [-0.4, -0.2) is 22.2 Å². The van der Waals surface area contributed by atoms with Gasteiger partial charge in [0, 0.05) is 19.0 Å². The van der Waals surface area contributed by atoms with E-state index in [1.54, 1.807) is 6.08 Å². The predicted molar refractivity (Wildman–Crippen MR) is 70.5 cm³/mol. The van der Waals surface area contributed by atoms with Crippen LogP contribution in [-0.2, 0) is 7.05 Å². The summed E-state index contributed by atoms with van der Waals surface area (Å²) in [6.45, 7) is 6.21. The Morgan fingerprint density at radius 2 is 2.47 bits per heavy atom. The Morgan fingerprint density at radius 1 is 1.71 bits per heavy atom. The van der Waals surface area contributed by atoms with Crippen LogP contribution < -0.4 is 5.32 Å². The maximum absolute atomic E-state index is 11.8. The van der Waals surface area contributed by atoms with Crippen molar-refractivity contribution in [1.82, 2.24) is 15.1 Å². The SMILES string of the molecule is C=CCCNC(=O)c1cc2c(C)nn(C)c2s1. The number of aryl methyl sites for hydroxylation is 2. The summed E-state index contributed by atoms with van der Waals surface area (Å²) in [6.07, 6.45) is 2.58. The van der Waals surface area contributed by atoms with Gasteiger partial charge in [0.2, 0.25) is 0 Å². The number of nitrogens with zero attached hydrogens (tertiary/aromatic N) is 2. The fraction of sp³-hybridized carbons (Fsp3) is 0.333. The van der Waals surface area contributed by atoms with Gasteiger partial charge >= 0.3 is 0 Å². The predicted octanol–water partition coefficient (Wildman–Crippen LogP) is 2.25. The Labute approximate surface area is 104 Å². The van der Waals surface area contributed by atoms with Crippen LogP contribution in [0.3, 0.4) is 0 Å². The van der Waals surface area contributed by atoms with Crippen molar-refractivity contribution in [2.24, 2.45) is 7.05 Å². The molecule has 0 aliphatic rings. The van der Waals surface area contributed by atoms with Gasteiger partial charge in [0.25, 0.3) is 5.91 Å².